The van der Waals surface area contributed by atoms with Gasteiger partial charge in [-0.05, 0) is 31.0 Å². The van der Waals surface area contributed by atoms with Crippen LogP contribution in [0.2, 0.25) is 0 Å². The summed E-state index contributed by atoms with van der Waals surface area (Å²) in [5, 5.41) is 18.0. The second-order valence-corrected chi connectivity index (χ2v) is 9.97. The van der Waals surface area contributed by atoms with E-state index < -0.39 is 30.8 Å². The highest BCUT2D eigenvalue weighted by molar-refractivity contribution is 5.82. The SMILES string of the molecule is CC(C(=O)N1CCC(C#N)C1)n1cc(-c2cnn3c(-c4cccc(CC(=O)CCC(F)(F)F)c4)cnc3c2)cn1. The second kappa shape index (κ2) is 10.9. The molecule has 2 unspecified atom stereocenters. The van der Waals surface area contributed by atoms with Crippen LogP contribution in [0.5, 0.6) is 0 Å². The number of halogens is 3. The number of aromatic nitrogens is 5. The zero-order valence-electron chi connectivity index (χ0n) is 21.7. The van der Waals surface area contributed by atoms with Gasteiger partial charge in [-0.15, -0.1) is 0 Å². The minimum atomic E-state index is -4.36. The highest BCUT2D eigenvalue weighted by atomic mass is 19.4. The Kier molecular flexibility index (Phi) is 7.38. The van der Waals surface area contributed by atoms with Crippen molar-refractivity contribution in [2.75, 3.05) is 13.1 Å². The number of hydrogen-bond donors (Lipinski definition) is 0. The van der Waals surface area contributed by atoms with Gasteiger partial charge in [-0.2, -0.15) is 28.6 Å². The first-order valence-electron chi connectivity index (χ1n) is 12.9. The number of likely N-dealkylation sites (tertiary alicyclic amines) is 1. The van der Waals surface area contributed by atoms with E-state index in [1.165, 1.54) is 0 Å². The van der Waals surface area contributed by atoms with Gasteiger partial charge in [0.1, 0.15) is 11.8 Å². The van der Waals surface area contributed by atoms with Crippen molar-refractivity contribution in [3.63, 3.8) is 0 Å². The number of benzene rings is 1. The van der Waals surface area contributed by atoms with E-state index in [1.54, 1.807) is 64.0 Å². The average Bonchev–Trinajstić information content (AvgIpc) is 3.70. The van der Waals surface area contributed by atoms with E-state index in [1.807, 2.05) is 12.1 Å². The number of nitrogens with zero attached hydrogens (tertiary/aromatic N) is 7. The Morgan fingerprint density at radius 1 is 1.12 bits per heavy atom. The van der Waals surface area contributed by atoms with Crippen molar-refractivity contribution in [1.82, 2.24) is 29.3 Å². The molecule has 0 aliphatic carbocycles. The highest BCUT2D eigenvalue weighted by Crippen LogP contribution is 2.27. The second-order valence-electron chi connectivity index (χ2n) is 9.97. The molecule has 0 N–H and O–H groups in total. The molecule has 0 spiro atoms. The number of carbonyl (C=O) groups excluding carboxylic acids is 2. The van der Waals surface area contributed by atoms with E-state index in [-0.39, 0.29) is 18.2 Å². The molecular formula is C28H26F3N7O2. The lowest BCUT2D eigenvalue weighted by molar-refractivity contribution is -0.143. The lowest BCUT2D eigenvalue weighted by Gasteiger charge is -2.20. The van der Waals surface area contributed by atoms with Crippen molar-refractivity contribution < 1.29 is 22.8 Å². The van der Waals surface area contributed by atoms with Crippen molar-refractivity contribution in [3.05, 3.63) is 60.7 Å². The van der Waals surface area contributed by atoms with Crippen LogP contribution in [0.25, 0.3) is 28.0 Å². The number of Topliss-reactive ketones (excluding diaryl/α,β-unsaturated/α-hetero) is 1. The third-order valence-electron chi connectivity index (χ3n) is 7.04. The van der Waals surface area contributed by atoms with Crippen molar-refractivity contribution >= 4 is 17.3 Å². The lowest BCUT2D eigenvalue weighted by atomic mass is 10.0. The van der Waals surface area contributed by atoms with Crippen LogP contribution in [0.3, 0.4) is 0 Å². The molecule has 0 bridgehead atoms. The van der Waals surface area contributed by atoms with Gasteiger partial charge in [0, 0.05) is 48.8 Å². The van der Waals surface area contributed by atoms with Crippen LogP contribution >= 0.6 is 0 Å². The maximum absolute atomic E-state index is 12.9. The Balaban J connectivity index is 1.31. The number of amides is 1. The fraction of sp³-hybridized carbons (Fsp3) is 0.357. The van der Waals surface area contributed by atoms with E-state index in [4.69, 9.17) is 5.26 Å². The molecule has 4 heterocycles. The van der Waals surface area contributed by atoms with Crippen molar-refractivity contribution in [2.45, 2.75) is 44.8 Å². The molecule has 1 aliphatic heterocycles. The minimum absolute atomic E-state index is 0.0804. The summed E-state index contributed by atoms with van der Waals surface area (Å²) in [5.74, 6) is -0.684. The molecule has 2 atom stereocenters. The van der Waals surface area contributed by atoms with Crippen LogP contribution in [0, 0.1) is 17.2 Å². The van der Waals surface area contributed by atoms with Crippen LogP contribution in [0.15, 0.2) is 55.1 Å². The molecule has 0 radical (unpaired) electrons. The number of imidazole rings is 1. The van der Waals surface area contributed by atoms with E-state index >= 15 is 0 Å². The first kappa shape index (κ1) is 27.1. The highest BCUT2D eigenvalue weighted by Gasteiger charge is 2.30. The molecule has 1 fully saturated rings. The van der Waals surface area contributed by atoms with Gasteiger partial charge in [-0.1, -0.05) is 18.2 Å². The molecule has 1 amide bonds. The zero-order chi connectivity index (χ0) is 28.4. The molecule has 1 aromatic carbocycles. The monoisotopic (exact) mass is 549 g/mol. The number of carbonyl (C=O) groups is 2. The fourth-order valence-corrected chi connectivity index (χ4v) is 4.81. The summed E-state index contributed by atoms with van der Waals surface area (Å²) < 4.78 is 40.6. The summed E-state index contributed by atoms with van der Waals surface area (Å²) in [6.07, 6.45) is 1.31. The Morgan fingerprint density at radius 3 is 2.67 bits per heavy atom. The Hall–Kier alpha value is -4.53. The number of hydrogen-bond acceptors (Lipinski definition) is 6. The zero-order valence-corrected chi connectivity index (χ0v) is 21.7. The molecule has 4 aromatic rings. The van der Waals surface area contributed by atoms with Crippen LogP contribution in [0.1, 0.15) is 37.8 Å². The van der Waals surface area contributed by atoms with Gasteiger partial charge in [0.05, 0.1) is 42.7 Å². The summed E-state index contributed by atoms with van der Waals surface area (Å²) in [5.41, 5.74) is 4.09. The largest absolute Gasteiger partial charge is 0.389 e. The molecule has 12 heteroatoms. The van der Waals surface area contributed by atoms with Crippen LogP contribution < -0.4 is 0 Å². The molecule has 1 aliphatic rings. The third kappa shape index (κ3) is 5.88. The molecule has 9 nitrogen and oxygen atoms in total. The summed E-state index contributed by atoms with van der Waals surface area (Å²) in [6.45, 7) is 2.78. The Bertz CT molecular complexity index is 1600. The quantitative estimate of drug-likeness (QED) is 0.317. The smallest absolute Gasteiger partial charge is 0.339 e. The van der Waals surface area contributed by atoms with Gasteiger partial charge < -0.3 is 4.90 Å². The van der Waals surface area contributed by atoms with Crippen molar-refractivity contribution in [1.29, 1.82) is 5.26 Å². The third-order valence-corrected chi connectivity index (χ3v) is 7.04. The van der Waals surface area contributed by atoms with Gasteiger partial charge in [0.25, 0.3) is 0 Å². The van der Waals surface area contributed by atoms with E-state index in [9.17, 15) is 22.8 Å². The van der Waals surface area contributed by atoms with Crippen LogP contribution in [-0.4, -0.2) is 60.2 Å². The maximum atomic E-state index is 12.9. The minimum Gasteiger partial charge on any atom is -0.339 e. The van der Waals surface area contributed by atoms with Crippen molar-refractivity contribution in [3.8, 4) is 28.5 Å². The topological polar surface area (TPSA) is 109 Å². The Labute approximate surface area is 227 Å². The molecule has 3 aromatic heterocycles. The standard InChI is InChI=1S/C28H26F3N7O2/c1-18(27(40)36-8-6-20(12-32)16-36)37-17-23(14-34-37)22-11-26-33-15-25(38(26)35-13-22)21-4-2-3-19(9-21)10-24(39)5-7-28(29,30)31/h2-4,9,11,13-15,17-18,20H,5-8,10,16H2,1H3. The number of rotatable bonds is 8. The van der Waals surface area contributed by atoms with Gasteiger partial charge in [0.2, 0.25) is 5.91 Å². The molecule has 0 saturated carbocycles. The number of alkyl halides is 3. The maximum Gasteiger partial charge on any atom is 0.389 e. The summed E-state index contributed by atoms with van der Waals surface area (Å²) >= 11 is 0. The van der Waals surface area contributed by atoms with Gasteiger partial charge in [0.15, 0.2) is 5.65 Å². The fourth-order valence-electron chi connectivity index (χ4n) is 4.81. The van der Waals surface area contributed by atoms with E-state index in [0.29, 0.717) is 36.4 Å². The van der Waals surface area contributed by atoms with Crippen molar-refractivity contribution in [2.24, 2.45) is 5.92 Å². The van der Waals surface area contributed by atoms with Crippen LogP contribution in [0.4, 0.5) is 13.2 Å². The normalized spacial score (nSPS) is 16.3. The predicted molar refractivity (Wildman–Crippen MR) is 139 cm³/mol. The lowest BCUT2D eigenvalue weighted by Crippen LogP contribution is -2.34. The number of nitriles is 1. The van der Waals surface area contributed by atoms with Crippen LogP contribution in [-0.2, 0) is 16.0 Å². The summed E-state index contributed by atoms with van der Waals surface area (Å²) in [7, 11) is 0. The van der Waals surface area contributed by atoms with E-state index in [2.05, 4.69) is 21.3 Å². The number of fused-ring (bicyclic) bond motifs is 1. The summed E-state index contributed by atoms with van der Waals surface area (Å²) in [4.78, 5) is 31.1. The first-order valence-corrected chi connectivity index (χ1v) is 12.9. The molecule has 206 valence electrons. The first-order chi connectivity index (χ1) is 19.1. The number of ketones is 1. The Morgan fingerprint density at radius 2 is 1.93 bits per heavy atom. The molecular weight excluding hydrogens is 523 g/mol. The van der Waals surface area contributed by atoms with Gasteiger partial charge in [-0.3, -0.25) is 14.3 Å². The predicted octanol–water partition coefficient (Wildman–Crippen LogP) is 4.65. The molecule has 5 rings (SSSR count). The molecule has 1 saturated heterocycles. The van der Waals surface area contributed by atoms with E-state index in [0.717, 1.165) is 16.7 Å². The average molecular weight is 550 g/mol. The van der Waals surface area contributed by atoms with Gasteiger partial charge >= 0.3 is 6.18 Å². The molecule has 40 heavy (non-hydrogen) atoms. The van der Waals surface area contributed by atoms with Gasteiger partial charge in [-0.25, -0.2) is 9.50 Å². The summed E-state index contributed by atoms with van der Waals surface area (Å²) in [6, 6.07) is 10.6.